The number of benzene rings is 2. The molecule has 2 aromatic heterocycles. The summed E-state index contributed by atoms with van der Waals surface area (Å²) in [7, 11) is 1.00. The van der Waals surface area contributed by atoms with Crippen LogP contribution in [-0.2, 0) is 31.8 Å². The van der Waals surface area contributed by atoms with E-state index in [0.29, 0.717) is 67.8 Å². The average Bonchev–Trinajstić information content (AvgIpc) is 3.11. The van der Waals surface area contributed by atoms with Gasteiger partial charge < -0.3 is 35.7 Å². The first-order valence-corrected chi connectivity index (χ1v) is 18.2. The second-order valence-corrected chi connectivity index (χ2v) is 14.2. The number of nitrogens with zero attached hydrogens (tertiary/aromatic N) is 6. The van der Waals surface area contributed by atoms with Crippen LogP contribution >= 0.6 is 0 Å². The molecule has 4 aromatic rings. The summed E-state index contributed by atoms with van der Waals surface area (Å²) in [6, 6.07) is 11.5. The standard InChI is InChI=1S/C20H22FN3O4.C18H20FN3O3.CH4O.B.Na.H/c1-2-28-17(25)8-5-15-9-24(16-6-3-14(21)4-7-16)19(26)18(22-15)23-10-20(11-23)12-27-13-20;19-13-3-5-15(6-4-13)22-8-14(2-1-7-23)20-16(17(22)24)21-9-18(10-21)11-25-12-18;1-2;;;/h3-4,6-7,9H,2,5,8,10-13H2,1H3;3-6,8,23H,1-2,7,9-12H2;2H,1H3;;;/q;;;;+1;-1. The molecule has 0 atom stereocenters. The number of halogens is 2. The fourth-order valence-electron chi connectivity index (χ4n) is 6.99. The molecular weight excluding hydrogens is 752 g/mol. The Bertz CT molecular complexity index is 2070. The van der Waals surface area contributed by atoms with Gasteiger partial charge in [0.1, 0.15) is 11.6 Å². The maximum atomic E-state index is 13.3. The number of hydrogen-bond acceptors (Lipinski definition) is 12. The Labute approximate surface area is 354 Å². The summed E-state index contributed by atoms with van der Waals surface area (Å²) in [6.45, 7) is 8.01. The number of carbonyl (C=O) groups excluding carboxylic acids is 1. The molecule has 0 unspecified atom stereocenters. The van der Waals surface area contributed by atoms with Gasteiger partial charge in [0.05, 0.1) is 61.7 Å². The fraction of sp³-hybridized carbons (Fsp3) is 0.462. The zero-order valence-electron chi connectivity index (χ0n) is 33.5. The summed E-state index contributed by atoms with van der Waals surface area (Å²) in [5, 5.41) is 16.1. The van der Waals surface area contributed by atoms with Crippen molar-refractivity contribution < 1.29 is 69.0 Å². The van der Waals surface area contributed by atoms with Crippen LogP contribution < -0.4 is 50.5 Å². The van der Waals surface area contributed by atoms with E-state index in [4.69, 9.17) is 24.4 Å². The van der Waals surface area contributed by atoms with E-state index in [1.165, 1.54) is 33.4 Å². The largest absolute Gasteiger partial charge is 1.00 e. The Morgan fingerprint density at radius 1 is 0.772 bits per heavy atom. The molecule has 4 aliphatic rings. The molecule has 14 nitrogen and oxygen atoms in total. The molecule has 4 fully saturated rings. The molecule has 18 heteroatoms. The minimum Gasteiger partial charge on any atom is -1.00 e. The Kier molecular flexibility index (Phi) is 16.2. The molecule has 8 rings (SSSR count). The SMILES string of the molecule is CCOC(=O)CCc1cn(-c2ccc(F)cc2)c(=O)c(N2CC3(COC3)C2)n1.CO.O=c1c(N2CC3(COC3)C2)nc(CCCO)cn1-c1ccc(F)cc1.[B].[H-].[Na+]. The molecule has 2 N–H and O–H groups in total. The maximum Gasteiger partial charge on any atom is 1.00 e. The van der Waals surface area contributed by atoms with E-state index in [9.17, 15) is 23.2 Å². The van der Waals surface area contributed by atoms with E-state index < -0.39 is 0 Å². The van der Waals surface area contributed by atoms with Crippen LogP contribution in [0.1, 0.15) is 32.6 Å². The average molecular weight is 800 g/mol. The van der Waals surface area contributed by atoms with E-state index in [2.05, 4.69) is 9.97 Å². The van der Waals surface area contributed by atoms with Gasteiger partial charge in [-0.25, -0.2) is 18.7 Å². The van der Waals surface area contributed by atoms with Gasteiger partial charge in [0.2, 0.25) is 0 Å². The summed E-state index contributed by atoms with van der Waals surface area (Å²) in [4.78, 5) is 50.6. The van der Waals surface area contributed by atoms with Crippen LogP contribution in [0.4, 0.5) is 20.4 Å². The van der Waals surface area contributed by atoms with Crippen molar-refractivity contribution in [2.75, 3.05) is 82.7 Å². The molecule has 4 saturated heterocycles. The molecule has 3 radical (unpaired) electrons. The Hall–Kier alpha value is -3.97. The molecule has 57 heavy (non-hydrogen) atoms. The number of carbonyl (C=O) groups is 1. The minimum atomic E-state index is -0.372. The normalized spacial score (nSPS) is 16.5. The van der Waals surface area contributed by atoms with E-state index in [1.807, 2.05) is 9.80 Å². The van der Waals surface area contributed by atoms with Crippen LogP contribution in [0.2, 0.25) is 0 Å². The Morgan fingerprint density at radius 3 is 1.53 bits per heavy atom. The molecule has 4 aliphatic heterocycles. The number of rotatable bonds is 11. The second kappa shape index (κ2) is 20.1. The van der Waals surface area contributed by atoms with Crippen LogP contribution in [0, 0.1) is 22.5 Å². The first kappa shape index (κ1) is 45.7. The zero-order valence-corrected chi connectivity index (χ0v) is 34.5. The molecule has 0 saturated carbocycles. The third-order valence-electron chi connectivity index (χ3n) is 9.90. The second-order valence-electron chi connectivity index (χ2n) is 14.2. The van der Waals surface area contributed by atoms with Crippen molar-refractivity contribution in [2.45, 2.75) is 32.6 Å². The fourth-order valence-corrected chi connectivity index (χ4v) is 6.99. The van der Waals surface area contributed by atoms with Crippen LogP contribution in [0.3, 0.4) is 0 Å². The van der Waals surface area contributed by atoms with Gasteiger partial charge in [-0.3, -0.25) is 23.5 Å². The van der Waals surface area contributed by atoms with Gasteiger partial charge in [-0.05, 0) is 68.3 Å². The van der Waals surface area contributed by atoms with Crippen molar-refractivity contribution in [2.24, 2.45) is 10.8 Å². The maximum absolute atomic E-state index is 13.3. The van der Waals surface area contributed by atoms with E-state index in [-0.39, 0.29) is 92.0 Å². The summed E-state index contributed by atoms with van der Waals surface area (Å²) in [5.74, 6) is -0.259. The topological polar surface area (TPSA) is 161 Å². The van der Waals surface area contributed by atoms with E-state index >= 15 is 0 Å². The molecule has 299 valence electrons. The summed E-state index contributed by atoms with van der Waals surface area (Å²) < 4.78 is 45.0. The Balaban J connectivity index is 0.000000285. The van der Waals surface area contributed by atoms with E-state index in [1.54, 1.807) is 43.6 Å². The van der Waals surface area contributed by atoms with Crippen molar-refractivity contribution in [1.82, 2.24) is 19.1 Å². The number of hydrogen-bond donors (Lipinski definition) is 2. The predicted octanol–water partition coefficient (Wildman–Crippen LogP) is -0.819. The molecule has 0 aliphatic carbocycles. The van der Waals surface area contributed by atoms with Crippen molar-refractivity contribution in [1.29, 1.82) is 0 Å². The molecule has 0 amide bonds. The number of aryl methyl sites for hydroxylation is 2. The molecule has 2 aromatic carbocycles. The third-order valence-corrected chi connectivity index (χ3v) is 9.90. The monoisotopic (exact) mass is 799 g/mol. The van der Waals surface area contributed by atoms with E-state index in [0.717, 1.165) is 52.2 Å². The van der Waals surface area contributed by atoms with Crippen LogP contribution in [0.15, 0.2) is 70.5 Å². The molecular formula is C39H47BF2N6NaO8. The molecule has 0 bridgehead atoms. The zero-order chi connectivity index (χ0) is 39.2. The minimum absolute atomic E-state index is 0. The van der Waals surface area contributed by atoms with Crippen LogP contribution in [0.25, 0.3) is 11.4 Å². The van der Waals surface area contributed by atoms with Crippen molar-refractivity contribution in [3.05, 3.63) is 105 Å². The van der Waals surface area contributed by atoms with Gasteiger partial charge >= 0.3 is 35.5 Å². The number of esters is 1. The number of anilines is 2. The number of aromatic nitrogens is 4. The molecule has 2 spiro atoms. The van der Waals surface area contributed by atoms with Crippen LogP contribution in [-0.4, -0.2) is 117 Å². The van der Waals surface area contributed by atoms with Gasteiger partial charge in [-0.15, -0.1) is 0 Å². The Morgan fingerprint density at radius 2 is 1.18 bits per heavy atom. The van der Waals surface area contributed by atoms with Gasteiger partial charge in [0.25, 0.3) is 11.1 Å². The third kappa shape index (κ3) is 10.4. The number of aliphatic hydroxyl groups is 2. The van der Waals surface area contributed by atoms with Crippen LogP contribution in [0.5, 0.6) is 0 Å². The summed E-state index contributed by atoms with van der Waals surface area (Å²) in [5.41, 5.74) is 2.33. The first-order chi connectivity index (χ1) is 26.6. The predicted molar refractivity (Wildman–Crippen MR) is 206 cm³/mol. The summed E-state index contributed by atoms with van der Waals surface area (Å²) in [6.07, 6.45) is 4.98. The van der Waals surface area contributed by atoms with Gasteiger partial charge in [-0.1, -0.05) is 0 Å². The number of aliphatic hydroxyl groups excluding tert-OH is 2. The van der Waals surface area contributed by atoms with Crippen molar-refractivity contribution >= 4 is 26.0 Å². The van der Waals surface area contributed by atoms with Gasteiger partial charge in [0, 0.05) is 78.5 Å². The molecule has 6 heterocycles. The van der Waals surface area contributed by atoms with Crippen molar-refractivity contribution in [3.63, 3.8) is 0 Å². The van der Waals surface area contributed by atoms with Gasteiger partial charge in [0.15, 0.2) is 11.6 Å². The van der Waals surface area contributed by atoms with Crippen molar-refractivity contribution in [3.8, 4) is 11.4 Å². The van der Waals surface area contributed by atoms with Gasteiger partial charge in [-0.2, -0.15) is 0 Å². The first-order valence-electron chi connectivity index (χ1n) is 18.2. The summed E-state index contributed by atoms with van der Waals surface area (Å²) >= 11 is 0. The smallest absolute Gasteiger partial charge is 1.00 e. The quantitative estimate of drug-likeness (QED) is 0.144. The number of ether oxygens (including phenoxy) is 3.